The number of fused-ring (bicyclic) bond motifs is 3. The highest BCUT2D eigenvalue weighted by atomic mass is 16.5. The van der Waals surface area contributed by atoms with E-state index in [1.165, 1.54) is 11.1 Å². The van der Waals surface area contributed by atoms with Crippen LogP contribution in [0.3, 0.4) is 0 Å². The summed E-state index contributed by atoms with van der Waals surface area (Å²) in [6.45, 7) is 6.48. The van der Waals surface area contributed by atoms with Crippen molar-refractivity contribution in [3.05, 3.63) is 59.7 Å². The van der Waals surface area contributed by atoms with Gasteiger partial charge in [-0.3, -0.25) is 9.59 Å². The van der Waals surface area contributed by atoms with Crippen LogP contribution in [0.25, 0.3) is 11.1 Å². The minimum atomic E-state index is -0.853. The molecule has 0 atom stereocenters. The summed E-state index contributed by atoms with van der Waals surface area (Å²) in [7, 11) is 0. The van der Waals surface area contributed by atoms with Gasteiger partial charge in [-0.25, -0.2) is 4.79 Å². The third-order valence-electron chi connectivity index (χ3n) is 7.35. The quantitative estimate of drug-likeness (QED) is 0.608. The molecule has 7 heteroatoms. The van der Waals surface area contributed by atoms with Gasteiger partial charge in [0.1, 0.15) is 12.0 Å². The van der Waals surface area contributed by atoms with Gasteiger partial charge < -0.3 is 20.1 Å². The highest BCUT2D eigenvalue weighted by Gasteiger charge is 2.51. The van der Waals surface area contributed by atoms with Crippen molar-refractivity contribution in [2.24, 2.45) is 10.8 Å². The lowest BCUT2D eigenvalue weighted by atomic mass is 9.75. The lowest BCUT2D eigenvalue weighted by molar-refractivity contribution is -0.170. The first-order chi connectivity index (χ1) is 16.2. The number of carbonyl (C=O) groups is 3. The summed E-state index contributed by atoms with van der Waals surface area (Å²) >= 11 is 0. The smallest absolute Gasteiger partial charge is 0.407 e. The van der Waals surface area contributed by atoms with E-state index in [-0.39, 0.29) is 31.5 Å². The van der Waals surface area contributed by atoms with E-state index in [4.69, 9.17) is 4.74 Å². The van der Waals surface area contributed by atoms with Crippen LogP contribution >= 0.6 is 0 Å². The van der Waals surface area contributed by atoms with Crippen molar-refractivity contribution in [1.29, 1.82) is 0 Å². The minimum Gasteiger partial charge on any atom is -0.481 e. The molecule has 2 aromatic rings. The number of ether oxygens (including phenoxy) is 1. The summed E-state index contributed by atoms with van der Waals surface area (Å²) in [6.07, 6.45) is 0.416. The summed E-state index contributed by atoms with van der Waals surface area (Å²) in [5.74, 6) is -0.948. The molecule has 2 aliphatic rings. The Balaban J connectivity index is 1.27. The third-order valence-corrected chi connectivity index (χ3v) is 7.35. The summed E-state index contributed by atoms with van der Waals surface area (Å²) < 4.78 is 5.55. The van der Waals surface area contributed by atoms with E-state index in [0.29, 0.717) is 19.4 Å². The fraction of sp³-hybridized carbons (Fsp3) is 0.444. The monoisotopic (exact) mass is 464 g/mol. The Morgan fingerprint density at radius 2 is 1.62 bits per heavy atom. The fourth-order valence-electron chi connectivity index (χ4n) is 5.00. The first kappa shape index (κ1) is 23.8. The predicted molar refractivity (Wildman–Crippen MR) is 128 cm³/mol. The average Bonchev–Trinajstić information content (AvgIpc) is 3.10. The molecule has 2 N–H and O–H groups in total. The molecule has 4 rings (SSSR count). The van der Waals surface area contributed by atoms with Gasteiger partial charge in [-0.2, -0.15) is 0 Å². The topological polar surface area (TPSA) is 95.9 Å². The van der Waals surface area contributed by atoms with Gasteiger partial charge in [0.15, 0.2) is 0 Å². The van der Waals surface area contributed by atoms with Gasteiger partial charge in [0, 0.05) is 31.0 Å². The molecule has 1 aliphatic carbocycles. The SMILES string of the molecule is CCC1(C(=O)O)CN(C(=O)C(C)(C)CCNC(=O)OCC2c3ccccc3-c3ccccc32)C1. The molecule has 1 aliphatic heterocycles. The number of benzene rings is 2. The zero-order valence-corrected chi connectivity index (χ0v) is 20.0. The Hall–Kier alpha value is -3.35. The van der Waals surface area contributed by atoms with Crippen molar-refractivity contribution >= 4 is 18.0 Å². The number of nitrogens with one attached hydrogen (secondary N) is 1. The number of hydrogen-bond acceptors (Lipinski definition) is 4. The molecule has 180 valence electrons. The maximum atomic E-state index is 12.9. The maximum absolute atomic E-state index is 12.9. The van der Waals surface area contributed by atoms with Gasteiger partial charge in [0.2, 0.25) is 5.91 Å². The number of rotatable bonds is 8. The first-order valence-electron chi connectivity index (χ1n) is 11.8. The molecule has 0 saturated carbocycles. The zero-order chi connectivity index (χ0) is 24.5. The Labute approximate surface area is 200 Å². The molecule has 0 spiro atoms. The van der Waals surface area contributed by atoms with Crippen LogP contribution in [0, 0.1) is 10.8 Å². The molecule has 1 heterocycles. The Morgan fingerprint density at radius 3 is 2.15 bits per heavy atom. The van der Waals surface area contributed by atoms with E-state index >= 15 is 0 Å². The largest absolute Gasteiger partial charge is 0.481 e. The van der Waals surface area contributed by atoms with Crippen molar-refractivity contribution in [2.75, 3.05) is 26.2 Å². The van der Waals surface area contributed by atoms with E-state index in [1.807, 2.05) is 45.0 Å². The van der Waals surface area contributed by atoms with Crippen LogP contribution in [-0.2, 0) is 14.3 Å². The van der Waals surface area contributed by atoms with Crippen LogP contribution in [0.5, 0.6) is 0 Å². The normalized spacial score (nSPS) is 16.3. The molecule has 2 aromatic carbocycles. The number of carbonyl (C=O) groups excluding carboxylic acids is 2. The van der Waals surface area contributed by atoms with Crippen molar-refractivity contribution in [1.82, 2.24) is 10.2 Å². The molecule has 0 aromatic heterocycles. The minimum absolute atomic E-state index is 0.00403. The summed E-state index contributed by atoms with van der Waals surface area (Å²) in [5.41, 5.74) is 3.12. The second kappa shape index (κ2) is 9.12. The van der Waals surface area contributed by atoms with E-state index in [0.717, 1.165) is 11.1 Å². The molecule has 7 nitrogen and oxygen atoms in total. The standard InChI is InChI=1S/C27H32N2O5/c1-4-27(24(31)32)16-29(17-27)23(30)26(2,3)13-14-28-25(33)34-15-22-20-11-7-5-9-18(20)19-10-6-8-12-21(19)22/h5-12,22H,4,13-17H2,1-3H3,(H,28,33)(H,31,32). The Morgan fingerprint density at radius 1 is 1.06 bits per heavy atom. The number of likely N-dealkylation sites (tertiary alicyclic amines) is 1. The zero-order valence-electron chi connectivity index (χ0n) is 20.0. The molecular weight excluding hydrogens is 432 g/mol. The number of aliphatic carboxylic acids is 1. The van der Waals surface area contributed by atoms with E-state index < -0.39 is 22.9 Å². The van der Waals surface area contributed by atoms with Crippen LogP contribution in [0.2, 0.25) is 0 Å². The molecule has 2 amide bonds. The second-order valence-corrected chi connectivity index (χ2v) is 9.99. The van der Waals surface area contributed by atoms with Gasteiger partial charge in [-0.15, -0.1) is 0 Å². The highest BCUT2D eigenvalue weighted by molar-refractivity contribution is 5.86. The van der Waals surface area contributed by atoms with Gasteiger partial charge in [0.05, 0.1) is 0 Å². The lowest BCUT2D eigenvalue weighted by Crippen LogP contribution is -2.64. The number of carboxylic acid groups (broad SMARTS) is 1. The second-order valence-electron chi connectivity index (χ2n) is 9.99. The molecule has 34 heavy (non-hydrogen) atoms. The molecule has 1 fully saturated rings. The number of hydrogen-bond donors (Lipinski definition) is 2. The fourth-order valence-corrected chi connectivity index (χ4v) is 5.00. The van der Waals surface area contributed by atoms with E-state index in [2.05, 4.69) is 29.6 Å². The van der Waals surface area contributed by atoms with Crippen LogP contribution in [-0.4, -0.2) is 54.2 Å². The predicted octanol–water partition coefficient (Wildman–Crippen LogP) is 4.26. The summed E-state index contributed by atoms with van der Waals surface area (Å²) in [5, 5.41) is 12.2. The van der Waals surface area contributed by atoms with Crippen molar-refractivity contribution < 1.29 is 24.2 Å². The molecule has 0 unspecified atom stereocenters. The Kier molecular flexibility index (Phi) is 6.39. The lowest BCUT2D eigenvalue weighted by Gasteiger charge is -2.49. The summed E-state index contributed by atoms with van der Waals surface area (Å²) in [4.78, 5) is 38.4. The van der Waals surface area contributed by atoms with Crippen molar-refractivity contribution in [3.8, 4) is 11.1 Å². The average molecular weight is 465 g/mol. The number of amides is 2. The first-order valence-corrected chi connectivity index (χ1v) is 11.8. The number of carboxylic acids is 1. The van der Waals surface area contributed by atoms with Crippen molar-refractivity contribution in [3.63, 3.8) is 0 Å². The summed E-state index contributed by atoms with van der Waals surface area (Å²) in [6, 6.07) is 16.3. The van der Waals surface area contributed by atoms with E-state index in [9.17, 15) is 19.5 Å². The number of nitrogens with zero attached hydrogens (tertiary/aromatic N) is 1. The molecular formula is C27H32N2O5. The van der Waals surface area contributed by atoms with Gasteiger partial charge >= 0.3 is 12.1 Å². The third kappa shape index (κ3) is 4.27. The highest BCUT2D eigenvalue weighted by Crippen LogP contribution is 2.44. The van der Waals surface area contributed by atoms with Crippen LogP contribution in [0.4, 0.5) is 4.79 Å². The Bertz CT molecular complexity index is 1060. The van der Waals surface area contributed by atoms with Crippen LogP contribution in [0.1, 0.15) is 50.7 Å². The maximum Gasteiger partial charge on any atom is 0.407 e. The van der Waals surface area contributed by atoms with Gasteiger partial charge in [-0.1, -0.05) is 69.3 Å². The van der Waals surface area contributed by atoms with Crippen LogP contribution in [0.15, 0.2) is 48.5 Å². The molecule has 0 bridgehead atoms. The van der Waals surface area contributed by atoms with Crippen LogP contribution < -0.4 is 5.32 Å². The van der Waals surface area contributed by atoms with Gasteiger partial charge in [-0.05, 0) is 35.1 Å². The molecule has 0 radical (unpaired) electrons. The van der Waals surface area contributed by atoms with Gasteiger partial charge in [0.25, 0.3) is 0 Å². The van der Waals surface area contributed by atoms with E-state index in [1.54, 1.807) is 4.90 Å². The van der Waals surface area contributed by atoms with Crippen molar-refractivity contribution in [2.45, 2.75) is 39.5 Å². The molecule has 1 saturated heterocycles. The number of alkyl carbamates (subject to hydrolysis) is 1.